The van der Waals surface area contributed by atoms with Crippen LogP contribution in [0.1, 0.15) is 34.5 Å². The van der Waals surface area contributed by atoms with Crippen molar-refractivity contribution in [2.75, 3.05) is 11.9 Å². The third kappa shape index (κ3) is 5.17. The summed E-state index contributed by atoms with van der Waals surface area (Å²) in [5.74, 6) is 2.83. The maximum Gasteiger partial charge on any atom is 0.255 e. The molecule has 0 aliphatic carbocycles. The van der Waals surface area contributed by atoms with Crippen LogP contribution in [-0.2, 0) is 0 Å². The summed E-state index contributed by atoms with van der Waals surface area (Å²) in [6.45, 7) is 8.25. The molecule has 0 aliphatic rings. The van der Waals surface area contributed by atoms with Crippen LogP contribution in [0.3, 0.4) is 0 Å². The summed E-state index contributed by atoms with van der Waals surface area (Å²) in [7, 11) is 0. The van der Waals surface area contributed by atoms with Crippen molar-refractivity contribution in [3.8, 4) is 23.2 Å². The van der Waals surface area contributed by atoms with Crippen molar-refractivity contribution in [2.45, 2.75) is 27.7 Å². The Labute approximate surface area is 192 Å². The normalized spacial score (nSPS) is 10.7. The summed E-state index contributed by atoms with van der Waals surface area (Å²) in [5.41, 5.74) is 3.15. The van der Waals surface area contributed by atoms with Crippen LogP contribution in [0.25, 0.3) is 5.82 Å². The van der Waals surface area contributed by atoms with E-state index in [0.29, 0.717) is 41.1 Å². The van der Waals surface area contributed by atoms with Crippen molar-refractivity contribution in [1.82, 2.24) is 19.5 Å². The number of hydrogen-bond donors (Lipinski definition) is 1. The lowest BCUT2D eigenvalue weighted by atomic mass is 10.2. The van der Waals surface area contributed by atoms with E-state index in [1.165, 1.54) is 0 Å². The maximum atomic E-state index is 12.5. The second-order valence-corrected chi connectivity index (χ2v) is 7.43. The van der Waals surface area contributed by atoms with E-state index in [0.717, 1.165) is 17.1 Å². The Balaban J connectivity index is 1.44. The molecule has 2 aromatic heterocycles. The van der Waals surface area contributed by atoms with Crippen LogP contribution in [-0.4, -0.2) is 32.0 Å². The first-order valence-electron chi connectivity index (χ1n) is 10.6. The summed E-state index contributed by atoms with van der Waals surface area (Å²) < 4.78 is 13.2. The number of ether oxygens (including phenoxy) is 2. The van der Waals surface area contributed by atoms with Crippen LogP contribution in [0.15, 0.2) is 60.9 Å². The number of aromatic nitrogens is 4. The van der Waals surface area contributed by atoms with Gasteiger partial charge in [-0.25, -0.2) is 9.97 Å². The van der Waals surface area contributed by atoms with Gasteiger partial charge in [0.25, 0.3) is 5.91 Å². The van der Waals surface area contributed by atoms with Crippen LogP contribution in [0.2, 0.25) is 0 Å². The zero-order valence-electron chi connectivity index (χ0n) is 19.0. The average Bonchev–Trinajstić information content (AvgIpc) is 3.14. The fourth-order valence-corrected chi connectivity index (χ4v) is 3.23. The smallest absolute Gasteiger partial charge is 0.255 e. The highest BCUT2D eigenvalue weighted by Gasteiger charge is 2.11. The minimum Gasteiger partial charge on any atom is -0.494 e. The highest BCUT2D eigenvalue weighted by atomic mass is 16.5. The Kier molecular flexibility index (Phi) is 6.35. The lowest BCUT2D eigenvalue weighted by Crippen LogP contribution is -2.11. The van der Waals surface area contributed by atoms with E-state index in [2.05, 4.69) is 20.3 Å². The molecule has 0 radical (unpaired) electrons. The van der Waals surface area contributed by atoms with Crippen molar-refractivity contribution >= 4 is 11.6 Å². The van der Waals surface area contributed by atoms with Gasteiger partial charge in [0.15, 0.2) is 0 Å². The molecule has 4 rings (SSSR count). The zero-order valence-corrected chi connectivity index (χ0v) is 19.0. The largest absolute Gasteiger partial charge is 0.494 e. The minimum atomic E-state index is -0.200. The van der Waals surface area contributed by atoms with Crippen LogP contribution < -0.4 is 14.8 Å². The molecule has 0 saturated carbocycles. The van der Waals surface area contributed by atoms with Gasteiger partial charge in [0.2, 0.25) is 5.88 Å². The minimum absolute atomic E-state index is 0.200. The molecule has 0 spiro atoms. The summed E-state index contributed by atoms with van der Waals surface area (Å²) in [5, 5.41) is 2.88. The van der Waals surface area contributed by atoms with Crippen molar-refractivity contribution in [2.24, 2.45) is 0 Å². The molecule has 1 N–H and O–H groups in total. The van der Waals surface area contributed by atoms with Gasteiger partial charge in [-0.15, -0.1) is 0 Å². The number of hydrogen-bond acceptors (Lipinski definition) is 6. The van der Waals surface area contributed by atoms with Crippen LogP contribution >= 0.6 is 0 Å². The standard InChI is InChI=1S/C25H25N5O3/c1-5-32-21-10-6-19(7-11-21)25(31)29-20-8-12-22(13-9-20)33-24-14-23(27-18(4)28-24)30-15-26-16(2)17(30)3/h6-15H,5H2,1-4H3,(H,29,31). The number of imidazole rings is 1. The molecular weight excluding hydrogens is 418 g/mol. The first-order chi connectivity index (χ1) is 15.9. The number of anilines is 1. The lowest BCUT2D eigenvalue weighted by Gasteiger charge is -2.10. The molecule has 168 valence electrons. The molecule has 8 nitrogen and oxygen atoms in total. The van der Waals surface area contributed by atoms with Crippen LogP contribution in [0.5, 0.6) is 17.4 Å². The van der Waals surface area contributed by atoms with E-state index in [1.54, 1.807) is 60.9 Å². The van der Waals surface area contributed by atoms with Crippen molar-refractivity contribution < 1.29 is 14.3 Å². The molecule has 0 aliphatic heterocycles. The molecule has 8 heteroatoms. The van der Waals surface area contributed by atoms with E-state index >= 15 is 0 Å². The van der Waals surface area contributed by atoms with Gasteiger partial charge in [-0.05, 0) is 76.2 Å². The van der Waals surface area contributed by atoms with E-state index in [1.807, 2.05) is 32.3 Å². The van der Waals surface area contributed by atoms with E-state index in [9.17, 15) is 4.79 Å². The summed E-state index contributed by atoms with van der Waals surface area (Å²) in [4.78, 5) is 25.7. The van der Waals surface area contributed by atoms with Gasteiger partial charge in [0, 0.05) is 23.0 Å². The average molecular weight is 444 g/mol. The SMILES string of the molecule is CCOc1ccc(C(=O)Nc2ccc(Oc3cc(-n4cnc(C)c4C)nc(C)n3)cc2)cc1. The number of carbonyl (C=O) groups is 1. The fraction of sp³-hybridized carbons (Fsp3) is 0.200. The second-order valence-electron chi connectivity index (χ2n) is 7.43. The third-order valence-corrected chi connectivity index (χ3v) is 5.06. The summed E-state index contributed by atoms with van der Waals surface area (Å²) in [6.07, 6.45) is 1.73. The molecule has 0 unspecified atom stereocenters. The Morgan fingerprint density at radius 2 is 1.67 bits per heavy atom. The molecule has 0 fully saturated rings. The number of aryl methyl sites for hydroxylation is 2. The first kappa shape index (κ1) is 22.0. The lowest BCUT2D eigenvalue weighted by molar-refractivity contribution is 0.102. The Hall–Kier alpha value is -4.20. The molecular formula is C25H25N5O3. The zero-order chi connectivity index (χ0) is 23.4. The van der Waals surface area contributed by atoms with Gasteiger partial charge < -0.3 is 14.8 Å². The Bertz CT molecular complexity index is 1260. The monoisotopic (exact) mass is 443 g/mol. The van der Waals surface area contributed by atoms with E-state index in [4.69, 9.17) is 9.47 Å². The molecule has 4 aromatic rings. The fourth-order valence-electron chi connectivity index (χ4n) is 3.23. The quantitative estimate of drug-likeness (QED) is 0.431. The van der Waals surface area contributed by atoms with Crippen molar-refractivity contribution in [3.63, 3.8) is 0 Å². The van der Waals surface area contributed by atoms with Crippen molar-refractivity contribution in [3.05, 3.63) is 83.7 Å². The number of rotatable bonds is 7. The molecule has 1 amide bonds. The number of nitrogens with zero attached hydrogens (tertiary/aromatic N) is 4. The highest BCUT2D eigenvalue weighted by Crippen LogP contribution is 2.24. The number of amides is 1. The molecule has 2 aromatic carbocycles. The van der Waals surface area contributed by atoms with E-state index < -0.39 is 0 Å². The van der Waals surface area contributed by atoms with Gasteiger partial charge in [-0.3, -0.25) is 9.36 Å². The van der Waals surface area contributed by atoms with E-state index in [-0.39, 0.29) is 5.91 Å². The third-order valence-electron chi connectivity index (χ3n) is 5.06. The number of benzene rings is 2. The summed E-state index contributed by atoms with van der Waals surface area (Å²) >= 11 is 0. The predicted molar refractivity (Wildman–Crippen MR) is 125 cm³/mol. The second kappa shape index (κ2) is 9.52. The molecule has 2 heterocycles. The van der Waals surface area contributed by atoms with Gasteiger partial charge in [0.05, 0.1) is 12.3 Å². The van der Waals surface area contributed by atoms with Crippen LogP contribution in [0, 0.1) is 20.8 Å². The molecule has 0 saturated heterocycles. The van der Waals surface area contributed by atoms with Crippen molar-refractivity contribution in [1.29, 1.82) is 0 Å². The first-order valence-corrected chi connectivity index (χ1v) is 10.6. The van der Waals surface area contributed by atoms with Gasteiger partial charge in [-0.1, -0.05) is 0 Å². The Morgan fingerprint density at radius 1 is 0.970 bits per heavy atom. The highest BCUT2D eigenvalue weighted by molar-refractivity contribution is 6.04. The Morgan fingerprint density at radius 3 is 2.30 bits per heavy atom. The predicted octanol–water partition coefficient (Wildman–Crippen LogP) is 5.03. The molecule has 0 atom stereocenters. The maximum absolute atomic E-state index is 12.5. The topological polar surface area (TPSA) is 91.2 Å². The number of nitrogens with one attached hydrogen (secondary N) is 1. The summed E-state index contributed by atoms with van der Waals surface area (Å²) in [6, 6.07) is 15.9. The molecule has 33 heavy (non-hydrogen) atoms. The van der Waals surface area contributed by atoms with Crippen LogP contribution in [0.4, 0.5) is 5.69 Å². The van der Waals surface area contributed by atoms with Gasteiger partial charge in [-0.2, -0.15) is 4.98 Å². The van der Waals surface area contributed by atoms with Gasteiger partial charge in [0.1, 0.15) is 29.5 Å². The molecule has 0 bridgehead atoms. The number of carbonyl (C=O) groups excluding carboxylic acids is 1. The van der Waals surface area contributed by atoms with Gasteiger partial charge >= 0.3 is 0 Å².